The van der Waals surface area contributed by atoms with E-state index in [4.69, 9.17) is 5.73 Å². The summed E-state index contributed by atoms with van der Waals surface area (Å²) in [7, 11) is 0. The third-order valence-corrected chi connectivity index (χ3v) is 2.01. The van der Waals surface area contributed by atoms with Gasteiger partial charge in [0.05, 0.1) is 0 Å². The van der Waals surface area contributed by atoms with Gasteiger partial charge in [-0.05, 0) is 31.5 Å². The lowest BCUT2D eigenvalue weighted by Gasteiger charge is -2.07. The van der Waals surface area contributed by atoms with Crippen molar-refractivity contribution >= 4 is 5.91 Å². The van der Waals surface area contributed by atoms with Crippen molar-refractivity contribution in [2.75, 3.05) is 13.1 Å². The summed E-state index contributed by atoms with van der Waals surface area (Å²) in [6.07, 6.45) is 0.743. The Balaban J connectivity index is 2.88. The van der Waals surface area contributed by atoms with E-state index >= 15 is 0 Å². The van der Waals surface area contributed by atoms with Gasteiger partial charge in [-0.15, -0.1) is 0 Å². The zero-order chi connectivity index (χ0) is 10.4. The van der Waals surface area contributed by atoms with Crippen molar-refractivity contribution in [3.8, 4) is 0 Å². The van der Waals surface area contributed by atoms with E-state index in [9.17, 15) is 4.79 Å². The van der Waals surface area contributed by atoms with Crippen molar-refractivity contribution < 1.29 is 4.79 Å². The largest absolute Gasteiger partial charge is 0.352 e. The maximum Gasteiger partial charge on any atom is 0.251 e. The quantitative estimate of drug-likeness (QED) is 0.746. The molecule has 0 saturated heterocycles. The molecule has 1 aromatic carbocycles. The van der Waals surface area contributed by atoms with E-state index in [1.165, 1.54) is 0 Å². The van der Waals surface area contributed by atoms with Crippen molar-refractivity contribution in [3.63, 3.8) is 0 Å². The summed E-state index contributed by atoms with van der Waals surface area (Å²) in [5, 5.41) is 2.78. The number of benzene rings is 1. The molecule has 0 aliphatic heterocycles. The SMILES string of the molecule is CCNC(=O)c1ccccc1CCN. The van der Waals surface area contributed by atoms with Crippen LogP contribution in [-0.4, -0.2) is 19.0 Å². The standard InChI is InChI=1S/C11H16N2O/c1-2-13-11(14)10-6-4-3-5-9(10)7-8-12/h3-6H,2,7-8,12H2,1H3,(H,13,14). The smallest absolute Gasteiger partial charge is 0.251 e. The molecule has 0 spiro atoms. The summed E-state index contributed by atoms with van der Waals surface area (Å²) in [5.74, 6) is -0.0171. The van der Waals surface area contributed by atoms with Crippen molar-refractivity contribution in [1.29, 1.82) is 0 Å². The van der Waals surface area contributed by atoms with Crippen molar-refractivity contribution in [2.24, 2.45) is 5.73 Å². The molecular weight excluding hydrogens is 176 g/mol. The molecule has 3 N–H and O–H groups in total. The fourth-order valence-corrected chi connectivity index (χ4v) is 1.37. The minimum atomic E-state index is -0.0171. The van der Waals surface area contributed by atoms with Gasteiger partial charge in [-0.25, -0.2) is 0 Å². The highest BCUT2D eigenvalue weighted by Crippen LogP contribution is 2.08. The van der Waals surface area contributed by atoms with Crippen LogP contribution in [0.2, 0.25) is 0 Å². The Hall–Kier alpha value is -1.35. The molecule has 0 aliphatic rings. The topological polar surface area (TPSA) is 55.1 Å². The molecule has 0 heterocycles. The van der Waals surface area contributed by atoms with Gasteiger partial charge in [-0.1, -0.05) is 18.2 Å². The van der Waals surface area contributed by atoms with Gasteiger partial charge in [0.1, 0.15) is 0 Å². The number of hydrogen-bond acceptors (Lipinski definition) is 2. The van der Waals surface area contributed by atoms with E-state index in [2.05, 4.69) is 5.32 Å². The first-order valence-corrected chi connectivity index (χ1v) is 4.85. The first kappa shape index (κ1) is 10.7. The van der Waals surface area contributed by atoms with Gasteiger partial charge in [0.2, 0.25) is 0 Å². The van der Waals surface area contributed by atoms with Crippen molar-refractivity contribution in [2.45, 2.75) is 13.3 Å². The normalized spacial score (nSPS) is 9.86. The van der Waals surface area contributed by atoms with Gasteiger partial charge >= 0.3 is 0 Å². The summed E-state index contributed by atoms with van der Waals surface area (Å²) < 4.78 is 0. The van der Waals surface area contributed by atoms with Gasteiger partial charge in [0, 0.05) is 12.1 Å². The van der Waals surface area contributed by atoms with E-state index in [1.807, 2.05) is 31.2 Å². The summed E-state index contributed by atoms with van der Waals surface area (Å²) in [6, 6.07) is 7.56. The predicted octanol–water partition coefficient (Wildman–Crippen LogP) is 0.938. The molecule has 0 bridgehead atoms. The van der Waals surface area contributed by atoms with Gasteiger partial charge in [0.25, 0.3) is 5.91 Å². The van der Waals surface area contributed by atoms with Gasteiger partial charge in [-0.2, -0.15) is 0 Å². The second kappa shape index (κ2) is 5.40. The van der Waals surface area contributed by atoms with Crippen LogP contribution in [0.1, 0.15) is 22.8 Å². The monoisotopic (exact) mass is 192 g/mol. The Kier molecular flexibility index (Phi) is 4.13. The minimum absolute atomic E-state index is 0.0171. The minimum Gasteiger partial charge on any atom is -0.352 e. The van der Waals surface area contributed by atoms with Gasteiger partial charge < -0.3 is 11.1 Å². The van der Waals surface area contributed by atoms with E-state index in [0.717, 1.165) is 17.5 Å². The Morgan fingerprint density at radius 1 is 1.43 bits per heavy atom. The van der Waals surface area contributed by atoms with Gasteiger partial charge in [0.15, 0.2) is 0 Å². The lowest BCUT2D eigenvalue weighted by molar-refractivity contribution is 0.0955. The van der Waals surface area contributed by atoms with E-state index in [0.29, 0.717) is 13.1 Å². The summed E-state index contributed by atoms with van der Waals surface area (Å²) in [5.41, 5.74) is 7.22. The molecule has 0 radical (unpaired) electrons. The van der Waals surface area contributed by atoms with Crippen LogP contribution in [0.5, 0.6) is 0 Å². The van der Waals surface area contributed by atoms with Crippen LogP contribution in [0.3, 0.4) is 0 Å². The maximum atomic E-state index is 11.6. The molecular formula is C11H16N2O. The molecule has 1 rings (SSSR count). The second-order valence-electron chi connectivity index (χ2n) is 3.06. The fraction of sp³-hybridized carbons (Fsp3) is 0.364. The Labute approximate surface area is 84.3 Å². The third kappa shape index (κ3) is 2.57. The molecule has 0 aliphatic carbocycles. The summed E-state index contributed by atoms with van der Waals surface area (Å²) in [6.45, 7) is 3.12. The maximum absolute atomic E-state index is 11.6. The van der Waals surface area contributed by atoms with Crippen LogP contribution in [-0.2, 0) is 6.42 Å². The lowest BCUT2D eigenvalue weighted by Crippen LogP contribution is -2.24. The highest BCUT2D eigenvalue weighted by molar-refractivity contribution is 5.95. The number of nitrogens with one attached hydrogen (secondary N) is 1. The Morgan fingerprint density at radius 3 is 2.79 bits per heavy atom. The first-order chi connectivity index (χ1) is 6.79. The van der Waals surface area contributed by atoms with Crippen LogP contribution in [0.4, 0.5) is 0 Å². The molecule has 0 saturated carbocycles. The predicted molar refractivity (Wildman–Crippen MR) is 57.2 cm³/mol. The molecule has 3 nitrogen and oxygen atoms in total. The first-order valence-electron chi connectivity index (χ1n) is 4.85. The van der Waals surface area contributed by atoms with Crippen molar-refractivity contribution in [1.82, 2.24) is 5.32 Å². The number of carbonyl (C=O) groups is 1. The van der Waals surface area contributed by atoms with E-state index in [-0.39, 0.29) is 5.91 Å². The molecule has 76 valence electrons. The molecule has 14 heavy (non-hydrogen) atoms. The van der Waals surface area contributed by atoms with Crippen LogP contribution >= 0.6 is 0 Å². The highest BCUT2D eigenvalue weighted by atomic mass is 16.1. The molecule has 0 atom stereocenters. The van der Waals surface area contributed by atoms with Crippen LogP contribution in [0.15, 0.2) is 24.3 Å². The average molecular weight is 192 g/mol. The number of nitrogens with two attached hydrogens (primary N) is 1. The van der Waals surface area contributed by atoms with E-state index in [1.54, 1.807) is 0 Å². The molecule has 3 heteroatoms. The third-order valence-electron chi connectivity index (χ3n) is 2.01. The van der Waals surface area contributed by atoms with Crippen molar-refractivity contribution in [3.05, 3.63) is 35.4 Å². The molecule has 0 fully saturated rings. The Morgan fingerprint density at radius 2 is 2.14 bits per heavy atom. The number of amides is 1. The van der Waals surface area contributed by atoms with Crippen LogP contribution in [0.25, 0.3) is 0 Å². The fourth-order valence-electron chi connectivity index (χ4n) is 1.37. The zero-order valence-corrected chi connectivity index (χ0v) is 8.42. The molecule has 1 aromatic rings. The van der Waals surface area contributed by atoms with Gasteiger partial charge in [-0.3, -0.25) is 4.79 Å². The summed E-state index contributed by atoms with van der Waals surface area (Å²) >= 11 is 0. The Bertz CT molecular complexity index is 310. The highest BCUT2D eigenvalue weighted by Gasteiger charge is 2.08. The van der Waals surface area contributed by atoms with Crippen LogP contribution < -0.4 is 11.1 Å². The summed E-state index contributed by atoms with van der Waals surface area (Å²) in [4.78, 5) is 11.6. The molecule has 1 amide bonds. The zero-order valence-electron chi connectivity index (χ0n) is 8.42. The van der Waals surface area contributed by atoms with E-state index < -0.39 is 0 Å². The average Bonchev–Trinajstić information content (AvgIpc) is 2.19. The lowest BCUT2D eigenvalue weighted by atomic mass is 10.0. The number of rotatable bonds is 4. The van der Waals surface area contributed by atoms with Crippen LogP contribution in [0, 0.1) is 0 Å². The molecule has 0 unspecified atom stereocenters. The second-order valence-corrected chi connectivity index (χ2v) is 3.06. The number of carbonyl (C=O) groups excluding carboxylic acids is 1. The molecule has 0 aromatic heterocycles. The number of hydrogen-bond donors (Lipinski definition) is 2.